The molecular weight excluding hydrogens is 275 g/mol. The lowest BCUT2D eigenvalue weighted by molar-refractivity contribution is 0.112. The van der Waals surface area contributed by atoms with E-state index in [4.69, 9.17) is 39.8 Å². The van der Waals surface area contributed by atoms with Gasteiger partial charge in [-0.15, -0.1) is 0 Å². The molecule has 0 unspecified atom stereocenters. The maximum absolute atomic E-state index is 10.3. The Balaban J connectivity index is 0.000000360. The van der Waals surface area contributed by atoms with Crippen LogP contribution in [0.15, 0.2) is 12.1 Å². The zero-order valence-electron chi connectivity index (χ0n) is 10.4. The number of carbonyl (C=O) groups is 1. The average Bonchev–Trinajstić information content (AvgIpc) is 2.34. The van der Waals surface area contributed by atoms with Gasteiger partial charge in [-0.1, -0.05) is 37.0 Å². The smallest absolute Gasteiger partial charge is 0.153 e. The van der Waals surface area contributed by atoms with E-state index in [1.165, 1.54) is 12.1 Å². The van der Waals surface area contributed by atoms with E-state index in [1.807, 2.05) is 13.8 Å². The van der Waals surface area contributed by atoms with Crippen LogP contribution in [-0.2, 0) is 0 Å². The summed E-state index contributed by atoms with van der Waals surface area (Å²) in [5.74, 6) is -0.230. The molecule has 0 heterocycles. The summed E-state index contributed by atoms with van der Waals surface area (Å²) in [6.45, 7) is 5.44. The Kier molecular flexibility index (Phi) is 7.25. The van der Waals surface area contributed by atoms with Crippen LogP contribution in [0.2, 0.25) is 10.0 Å². The Hall–Kier alpha value is -0.810. The van der Waals surface area contributed by atoms with Gasteiger partial charge in [0.1, 0.15) is 5.75 Å². The molecule has 0 aliphatic rings. The fourth-order valence-corrected chi connectivity index (χ4v) is 1.27. The fourth-order valence-electron chi connectivity index (χ4n) is 0.759. The highest BCUT2D eigenvalue weighted by atomic mass is 35.5. The number of phenolic OH excluding ortho intramolecular Hbond substituents is 1. The van der Waals surface area contributed by atoms with Crippen molar-refractivity contribution in [3.63, 3.8) is 0 Å². The van der Waals surface area contributed by atoms with E-state index in [0.717, 1.165) is 0 Å². The van der Waals surface area contributed by atoms with E-state index in [0.29, 0.717) is 24.4 Å². The molecule has 0 aliphatic heterocycles. The highest BCUT2D eigenvalue weighted by molar-refractivity contribution is 6.36. The second-order valence-electron chi connectivity index (χ2n) is 4.52. The molecule has 0 bridgehead atoms. The number of halogens is 2. The van der Waals surface area contributed by atoms with Crippen LogP contribution < -0.4 is 11.5 Å². The second-order valence-corrected chi connectivity index (χ2v) is 5.36. The van der Waals surface area contributed by atoms with Crippen molar-refractivity contribution in [2.45, 2.75) is 13.8 Å². The topological polar surface area (TPSA) is 89.3 Å². The summed E-state index contributed by atoms with van der Waals surface area (Å²) < 4.78 is 0. The first kappa shape index (κ1) is 17.2. The van der Waals surface area contributed by atoms with E-state index >= 15 is 0 Å². The van der Waals surface area contributed by atoms with Crippen molar-refractivity contribution >= 4 is 29.5 Å². The molecule has 0 radical (unpaired) electrons. The summed E-state index contributed by atoms with van der Waals surface area (Å²) in [7, 11) is 0. The lowest BCUT2D eigenvalue weighted by atomic mass is 9.95. The number of hydrogen-bond donors (Lipinski definition) is 3. The number of rotatable bonds is 3. The maximum Gasteiger partial charge on any atom is 0.153 e. The highest BCUT2D eigenvalue weighted by Crippen LogP contribution is 2.29. The van der Waals surface area contributed by atoms with Crippen molar-refractivity contribution in [3.05, 3.63) is 27.7 Å². The van der Waals surface area contributed by atoms with Crippen LogP contribution in [0, 0.1) is 5.41 Å². The summed E-state index contributed by atoms with van der Waals surface area (Å²) in [5, 5.41) is 9.51. The Labute approximate surface area is 117 Å². The van der Waals surface area contributed by atoms with Crippen molar-refractivity contribution in [3.8, 4) is 5.75 Å². The van der Waals surface area contributed by atoms with Gasteiger partial charge in [0.25, 0.3) is 0 Å². The summed E-state index contributed by atoms with van der Waals surface area (Å²) in [5.41, 5.74) is 10.9. The molecule has 5 N–H and O–H groups in total. The van der Waals surface area contributed by atoms with Gasteiger partial charge < -0.3 is 16.6 Å². The van der Waals surface area contributed by atoms with Crippen molar-refractivity contribution in [1.29, 1.82) is 0 Å². The quantitative estimate of drug-likeness (QED) is 0.747. The summed E-state index contributed by atoms with van der Waals surface area (Å²) in [6, 6.07) is 2.71. The molecule has 102 valence electrons. The van der Waals surface area contributed by atoms with Crippen molar-refractivity contribution < 1.29 is 9.90 Å². The lowest BCUT2D eigenvalue weighted by Gasteiger charge is -2.18. The zero-order valence-corrected chi connectivity index (χ0v) is 11.9. The first-order chi connectivity index (χ1) is 8.27. The van der Waals surface area contributed by atoms with Gasteiger partial charge in [-0.05, 0) is 30.6 Å². The molecule has 0 spiro atoms. The predicted molar refractivity (Wildman–Crippen MR) is 75.4 cm³/mol. The Morgan fingerprint density at radius 2 is 1.78 bits per heavy atom. The standard InChI is InChI=1S/C7H4Cl2O2.C5H14N2/c8-5-1-4(3-10)7(11)6(9)2-5;1-5(2,3-6)4-7/h1-3,11H;3-4,6-7H2,1-2H3. The van der Waals surface area contributed by atoms with Gasteiger partial charge in [-0.3, -0.25) is 4.79 Å². The Morgan fingerprint density at radius 3 is 2.11 bits per heavy atom. The third kappa shape index (κ3) is 5.69. The number of aldehydes is 1. The van der Waals surface area contributed by atoms with Crippen LogP contribution in [0.25, 0.3) is 0 Å². The number of benzene rings is 1. The first-order valence-electron chi connectivity index (χ1n) is 5.30. The van der Waals surface area contributed by atoms with E-state index in [2.05, 4.69) is 0 Å². The normalized spacial score (nSPS) is 10.6. The molecule has 0 saturated heterocycles. The molecule has 6 heteroatoms. The SMILES string of the molecule is CC(C)(CN)CN.O=Cc1cc(Cl)cc(Cl)c1O. The highest BCUT2D eigenvalue weighted by Gasteiger charge is 2.10. The molecule has 18 heavy (non-hydrogen) atoms. The van der Waals surface area contributed by atoms with E-state index in [1.54, 1.807) is 0 Å². The molecule has 0 atom stereocenters. The Morgan fingerprint density at radius 1 is 1.28 bits per heavy atom. The van der Waals surface area contributed by atoms with Gasteiger partial charge in [0.15, 0.2) is 6.29 Å². The molecule has 0 fully saturated rings. The first-order valence-corrected chi connectivity index (χ1v) is 6.06. The van der Waals surface area contributed by atoms with E-state index in [-0.39, 0.29) is 21.8 Å². The molecule has 1 rings (SSSR count). The van der Waals surface area contributed by atoms with Crippen LogP contribution in [0.3, 0.4) is 0 Å². The predicted octanol–water partition coefficient (Wildman–Crippen LogP) is 2.44. The van der Waals surface area contributed by atoms with Gasteiger partial charge >= 0.3 is 0 Å². The minimum Gasteiger partial charge on any atom is -0.506 e. The Bertz CT molecular complexity index is 403. The van der Waals surface area contributed by atoms with Gasteiger partial charge in [0.2, 0.25) is 0 Å². The number of carbonyl (C=O) groups excluding carboxylic acids is 1. The third-order valence-electron chi connectivity index (χ3n) is 2.29. The number of phenols is 1. The summed E-state index contributed by atoms with van der Waals surface area (Å²) in [6.07, 6.45) is 0.493. The molecule has 0 saturated carbocycles. The largest absolute Gasteiger partial charge is 0.506 e. The number of hydrogen-bond acceptors (Lipinski definition) is 4. The van der Waals surface area contributed by atoms with Crippen LogP contribution >= 0.6 is 23.2 Å². The van der Waals surface area contributed by atoms with Gasteiger partial charge in [0.05, 0.1) is 10.6 Å². The third-order valence-corrected chi connectivity index (χ3v) is 2.80. The van der Waals surface area contributed by atoms with Crippen molar-refractivity contribution in [2.24, 2.45) is 16.9 Å². The summed E-state index contributed by atoms with van der Waals surface area (Å²) >= 11 is 11.1. The molecule has 1 aromatic carbocycles. The summed E-state index contributed by atoms with van der Waals surface area (Å²) in [4.78, 5) is 10.3. The molecule has 4 nitrogen and oxygen atoms in total. The van der Waals surface area contributed by atoms with Crippen LogP contribution in [0.4, 0.5) is 0 Å². The second kappa shape index (κ2) is 7.59. The molecular formula is C12H18Cl2N2O2. The molecule has 1 aromatic rings. The van der Waals surface area contributed by atoms with Gasteiger partial charge in [-0.25, -0.2) is 0 Å². The minimum atomic E-state index is -0.230. The number of nitrogens with two attached hydrogens (primary N) is 2. The fraction of sp³-hybridized carbons (Fsp3) is 0.417. The minimum absolute atomic E-state index is 0.0830. The van der Waals surface area contributed by atoms with Crippen LogP contribution in [0.5, 0.6) is 5.75 Å². The molecule has 0 amide bonds. The molecule has 0 aromatic heterocycles. The van der Waals surface area contributed by atoms with Gasteiger partial charge in [0, 0.05) is 5.02 Å². The monoisotopic (exact) mass is 292 g/mol. The van der Waals surface area contributed by atoms with Crippen LogP contribution in [-0.4, -0.2) is 24.5 Å². The average molecular weight is 293 g/mol. The van der Waals surface area contributed by atoms with Crippen LogP contribution in [0.1, 0.15) is 24.2 Å². The number of aromatic hydroxyl groups is 1. The van der Waals surface area contributed by atoms with Gasteiger partial charge in [-0.2, -0.15) is 0 Å². The van der Waals surface area contributed by atoms with E-state index < -0.39 is 0 Å². The maximum atomic E-state index is 10.3. The molecule has 0 aliphatic carbocycles. The van der Waals surface area contributed by atoms with E-state index in [9.17, 15) is 4.79 Å². The van der Waals surface area contributed by atoms with Crippen molar-refractivity contribution in [2.75, 3.05) is 13.1 Å². The van der Waals surface area contributed by atoms with Crippen molar-refractivity contribution in [1.82, 2.24) is 0 Å². The lowest BCUT2D eigenvalue weighted by Crippen LogP contribution is -2.31. The zero-order chi connectivity index (χ0) is 14.3.